The number of nitro groups is 1. The summed E-state index contributed by atoms with van der Waals surface area (Å²) in [7, 11) is -2.35. The van der Waals surface area contributed by atoms with E-state index >= 15 is 0 Å². The van der Waals surface area contributed by atoms with Crippen LogP contribution in [0.5, 0.6) is 5.75 Å². The first-order chi connectivity index (χ1) is 15.6. The van der Waals surface area contributed by atoms with Crippen molar-refractivity contribution in [1.29, 1.82) is 0 Å². The van der Waals surface area contributed by atoms with E-state index in [0.717, 1.165) is 5.56 Å². The second-order valence-electron chi connectivity index (χ2n) is 8.44. The fourth-order valence-electron chi connectivity index (χ4n) is 3.94. The number of amides is 1. The number of methoxy groups -OCH3 is 1. The average molecular weight is 476 g/mol. The van der Waals surface area contributed by atoms with Crippen molar-refractivity contribution in [2.45, 2.75) is 44.4 Å². The summed E-state index contributed by atoms with van der Waals surface area (Å²) in [4.78, 5) is 23.6. The maximum absolute atomic E-state index is 13.3. The molecule has 0 aliphatic carbocycles. The minimum absolute atomic E-state index is 0.0636. The van der Waals surface area contributed by atoms with Gasteiger partial charge in [-0.2, -0.15) is 4.31 Å². The third-order valence-corrected chi connectivity index (χ3v) is 7.98. The predicted octanol–water partition coefficient (Wildman–Crippen LogP) is 4.07. The first-order valence-corrected chi connectivity index (χ1v) is 12.2. The van der Waals surface area contributed by atoms with Crippen LogP contribution in [0.3, 0.4) is 0 Å². The van der Waals surface area contributed by atoms with Gasteiger partial charge >= 0.3 is 0 Å². The Morgan fingerprint density at radius 1 is 1.21 bits per heavy atom. The van der Waals surface area contributed by atoms with Crippen LogP contribution in [-0.4, -0.2) is 43.8 Å². The van der Waals surface area contributed by atoms with E-state index in [9.17, 15) is 23.3 Å². The molecule has 0 saturated carbocycles. The molecule has 9 nitrogen and oxygen atoms in total. The van der Waals surface area contributed by atoms with Crippen LogP contribution in [0.2, 0.25) is 0 Å². The van der Waals surface area contributed by atoms with Gasteiger partial charge in [0.1, 0.15) is 10.6 Å². The minimum atomic E-state index is -3.79. The molecule has 1 aliphatic rings. The predicted molar refractivity (Wildman–Crippen MR) is 125 cm³/mol. The first kappa shape index (κ1) is 24.7. The van der Waals surface area contributed by atoms with Gasteiger partial charge in [-0.15, -0.1) is 0 Å². The third-order valence-electron chi connectivity index (χ3n) is 6.06. The van der Waals surface area contributed by atoms with Crippen LogP contribution in [0.15, 0.2) is 41.3 Å². The van der Waals surface area contributed by atoms with Gasteiger partial charge in [-0.3, -0.25) is 14.9 Å². The fourth-order valence-corrected chi connectivity index (χ4v) is 5.60. The highest BCUT2D eigenvalue weighted by Crippen LogP contribution is 2.33. The smallest absolute Gasteiger partial charge is 0.274 e. The number of nitrogens with one attached hydrogen (secondary N) is 1. The molecular weight excluding hydrogens is 446 g/mol. The largest absolute Gasteiger partial charge is 0.495 e. The van der Waals surface area contributed by atoms with E-state index in [1.807, 2.05) is 19.9 Å². The molecule has 0 spiro atoms. The Morgan fingerprint density at radius 3 is 2.45 bits per heavy atom. The zero-order chi connectivity index (χ0) is 24.3. The van der Waals surface area contributed by atoms with Crippen molar-refractivity contribution in [2.24, 2.45) is 5.92 Å². The molecule has 1 heterocycles. The SMILES string of the molecule is COc1ccc(C(C)C)cc1S(=O)(=O)N1CCC(C(=O)Nc2cccc([N+](=O)[O-])c2C)CC1. The maximum atomic E-state index is 13.3. The number of piperidine rings is 1. The molecule has 1 fully saturated rings. The van der Waals surface area contributed by atoms with Crippen molar-refractivity contribution in [3.8, 4) is 5.75 Å². The summed E-state index contributed by atoms with van der Waals surface area (Å²) in [5.41, 5.74) is 1.61. The summed E-state index contributed by atoms with van der Waals surface area (Å²) in [5.74, 6) is -0.203. The van der Waals surface area contributed by atoms with Crippen molar-refractivity contribution in [3.05, 3.63) is 57.6 Å². The van der Waals surface area contributed by atoms with Crippen LogP contribution < -0.4 is 10.1 Å². The molecule has 2 aromatic carbocycles. The highest BCUT2D eigenvalue weighted by atomic mass is 32.2. The van der Waals surface area contributed by atoms with E-state index in [0.29, 0.717) is 29.8 Å². The first-order valence-electron chi connectivity index (χ1n) is 10.8. The van der Waals surface area contributed by atoms with E-state index in [1.54, 1.807) is 25.1 Å². The van der Waals surface area contributed by atoms with Crippen LogP contribution in [-0.2, 0) is 14.8 Å². The lowest BCUT2D eigenvalue weighted by Crippen LogP contribution is -2.41. The minimum Gasteiger partial charge on any atom is -0.495 e. The second-order valence-corrected chi connectivity index (χ2v) is 10.3. The number of rotatable bonds is 7. The van der Waals surface area contributed by atoms with Crippen LogP contribution in [0.1, 0.15) is 43.7 Å². The molecule has 0 radical (unpaired) electrons. The number of nitrogens with zero attached hydrogens (tertiary/aromatic N) is 2. The summed E-state index contributed by atoms with van der Waals surface area (Å²) < 4.78 is 33.4. The van der Waals surface area contributed by atoms with E-state index in [2.05, 4.69) is 5.32 Å². The molecule has 0 bridgehead atoms. The second kappa shape index (κ2) is 9.88. The van der Waals surface area contributed by atoms with Crippen LogP contribution >= 0.6 is 0 Å². The summed E-state index contributed by atoms with van der Waals surface area (Å²) >= 11 is 0. The van der Waals surface area contributed by atoms with Crippen molar-refractivity contribution < 1.29 is 22.9 Å². The molecule has 2 aromatic rings. The summed E-state index contributed by atoms with van der Waals surface area (Å²) in [6, 6.07) is 9.71. The van der Waals surface area contributed by atoms with Crippen LogP contribution in [0.4, 0.5) is 11.4 Å². The number of ether oxygens (including phenoxy) is 1. The van der Waals surface area contributed by atoms with Gasteiger partial charge in [-0.1, -0.05) is 26.0 Å². The quantitative estimate of drug-likeness (QED) is 0.476. The number of benzene rings is 2. The Labute approximate surface area is 193 Å². The van der Waals surface area contributed by atoms with E-state index in [1.165, 1.54) is 23.5 Å². The molecule has 178 valence electrons. The van der Waals surface area contributed by atoms with Gasteiger partial charge in [0.2, 0.25) is 15.9 Å². The molecular formula is C23H29N3O6S. The normalized spacial score (nSPS) is 15.4. The number of hydrogen-bond acceptors (Lipinski definition) is 6. The number of hydrogen-bond donors (Lipinski definition) is 1. The molecule has 1 aliphatic heterocycles. The fraction of sp³-hybridized carbons (Fsp3) is 0.435. The van der Waals surface area contributed by atoms with Gasteiger partial charge in [-0.05, 0) is 49.4 Å². The highest BCUT2D eigenvalue weighted by Gasteiger charge is 2.34. The van der Waals surface area contributed by atoms with E-state index < -0.39 is 14.9 Å². The zero-order valence-electron chi connectivity index (χ0n) is 19.2. The summed E-state index contributed by atoms with van der Waals surface area (Å²) in [5, 5.41) is 13.9. The molecule has 3 rings (SSSR count). The maximum Gasteiger partial charge on any atom is 0.274 e. The molecule has 33 heavy (non-hydrogen) atoms. The van der Waals surface area contributed by atoms with Gasteiger partial charge in [0.05, 0.1) is 23.3 Å². The number of sulfonamides is 1. The number of nitro benzene ring substituents is 1. The molecule has 0 atom stereocenters. The van der Waals surface area contributed by atoms with Gasteiger partial charge in [0, 0.05) is 25.1 Å². The lowest BCUT2D eigenvalue weighted by Gasteiger charge is -2.31. The Kier molecular flexibility index (Phi) is 7.38. The van der Waals surface area contributed by atoms with Crippen molar-refractivity contribution in [2.75, 3.05) is 25.5 Å². The summed E-state index contributed by atoms with van der Waals surface area (Å²) in [6.07, 6.45) is 0.705. The molecule has 1 N–H and O–H groups in total. The molecule has 0 aromatic heterocycles. The van der Waals surface area contributed by atoms with Crippen molar-refractivity contribution >= 4 is 27.3 Å². The molecule has 10 heteroatoms. The average Bonchev–Trinajstić information content (AvgIpc) is 2.79. The Morgan fingerprint density at radius 2 is 1.88 bits per heavy atom. The van der Waals surface area contributed by atoms with Crippen molar-refractivity contribution in [3.63, 3.8) is 0 Å². The molecule has 1 amide bonds. The van der Waals surface area contributed by atoms with Gasteiger partial charge < -0.3 is 10.1 Å². The van der Waals surface area contributed by atoms with Crippen LogP contribution in [0, 0.1) is 23.0 Å². The van der Waals surface area contributed by atoms with Crippen molar-refractivity contribution in [1.82, 2.24) is 4.31 Å². The lowest BCUT2D eigenvalue weighted by atomic mass is 9.97. The standard InChI is InChI=1S/C23H29N3O6S/c1-15(2)18-8-9-21(32-4)22(14-18)33(30,31)25-12-10-17(11-13-25)23(27)24-19-6-5-7-20(16(19)3)26(28)29/h5-9,14-15,17H,10-13H2,1-4H3,(H,24,27). The van der Waals surface area contributed by atoms with Crippen LogP contribution in [0.25, 0.3) is 0 Å². The number of carbonyl (C=O) groups excluding carboxylic acids is 1. The van der Waals surface area contributed by atoms with Gasteiger partial charge in [0.25, 0.3) is 5.69 Å². The Hall–Kier alpha value is -2.98. The number of anilines is 1. The Balaban J connectivity index is 1.72. The van der Waals surface area contributed by atoms with E-state index in [-0.39, 0.29) is 41.4 Å². The third kappa shape index (κ3) is 5.17. The van der Waals surface area contributed by atoms with Gasteiger partial charge in [0.15, 0.2) is 0 Å². The molecule has 1 saturated heterocycles. The lowest BCUT2D eigenvalue weighted by molar-refractivity contribution is -0.385. The summed E-state index contributed by atoms with van der Waals surface area (Å²) in [6.45, 7) is 5.96. The van der Waals surface area contributed by atoms with Gasteiger partial charge in [-0.25, -0.2) is 8.42 Å². The Bertz CT molecular complexity index is 1150. The zero-order valence-corrected chi connectivity index (χ0v) is 20.0. The monoisotopic (exact) mass is 475 g/mol. The van der Waals surface area contributed by atoms with E-state index in [4.69, 9.17) is 4.74 Å². The highest BCUT2D eigenvalue weighted by molar-refractivity contribution is 7.89. The topological polar surface area (TPSA) is 119 Å². The molecule has 0 unspecified atom stereocenters. The number of carbonyl (C=O) groups is 1.